The number of carbonyl (C=O) groups excluding carboxylic acids is 2. The molecule has 4 heteroatoms. The molecule has 0 aliphatic heterocycles. The number of rotatable bonds is 9. The van der Waals surface area contributed by atoms with Gasteiger partial charge in [0.1, 0.15) is 6.04 Å². The van der Waals surface area contributed by atoms with Crippen LogP contribution in [0.3, 0.4) is 0 Å². The Labute approximate surface area is 206 Å². The molecule has 1 saturated carbocycles. The second-order valence-electron chi connectivity index (χ2n) is 10.7. The summed E-state index contributed by atoms with van der Waals surface area (Å²) in [5.74, 6) is 0.0302. The molecule has 0 aromatic heterocycles. The van der Waals surface area contributed by atoms with Crippen molar-refractivity contribution in [2.75, 3.05) is 0 Å². The zero-order valence-electron chi connectivity index (χ0n) is 21.5. The van der Waals surface area contributed by atoms with E-state index in [9.17, 15) is 9.59 Å². The van der Waals surface area contributed by atoms with Crippen LogP contribution in [0.1, 0.15) is 89.3 Å². The van der Waals surface area contributed by atoms with E-state index in [1.54, 1.807) is 4.90 Å². The quantitative estimate of drug-likeness (QED) is 0.484. The van der Waals surface area contributed by atoms with E-state index in [0.29, 0.717) is 25.8 Å². The van der Waals surface area contributed by atoms with Gasteiger partial charge in [-0.2, -0.15) is 0 Å². The Kier molecular flexibility index (Phi) is 9.32. The topological polar surface area (TPSA) is 49.4 Å². The molecule has 4 nitrogen and oxygen atoms in total. The Morgan fingerprint density at radius 2 is 1.59 bits per heavy atom. The molecule has 1 atom stereocenters. The lowest BCUT2D eigenvalue weighted by Gasteiger charge is -2.33. The van der Waals surface area contributed by atoms with Crippen LogP contribution < -0.4 is 5.32 Å². The van der Waals surface area contributed by atoms with E-state index in [-0.39, 0.29) is 23.3 Å². The standard InChI is InChI=1S/C30H42N2O2/c1-5-27(29(34)31-26-14-10-7-11-15-26)32(22-24-12-8-6-9-13-24)28(33)21-18-23-16-19-25(20-17-23)30(2,3)4/h6,8-9,12-13,16-17,19-20,26-27H,5,7,10-11,14-15,18,21-22H2,1-4H3,(H,31,34)/t27-/m0/s1. The highest BCUT2D eigenvalue weighted by Gasteiger charge is 2.30. The van der Waals surface area contributed by atoms with Gasteiger partial charge in [-0.25, -0.2) is 0 Å². The van der Waals surface area contributed by atoms with Crippen molar-refractivity contribution in [1.29, 1.82) is 0 Å². The molecule has 0 bridgehead atoms. The molecule has 34 heavy (non-hydrogen) atoms. The first-order valence-electron chi connectivity index (χ1n) is 13.0. The van der Waals surface area contributed by atoms with E-state index < -0.39 is 6.04 Å². The molecule has 3 rings (SSSR count). The van der Waals surface area contributed by atoms with Crippen molar-refractivity contribution in [3.05, 3.63) is 71.3 Å². The Bertz CT molecular complexity index is 909. The minimum Gasteiger partial charge on any atom is -0.352 e. The normalized spacial score (nSPS) is 15.5. The van der Waals surface area contributed by atoms with Crippen molar-refractivity contribution in [1.82, 2.24) is 10.2 Å². The predicted molar refractivity (Wildman–Crippen MR) is 140 cm³/mol. The van der Waals surface area contributed by atoms with Crippen LogP contribution in [0.2, 0.25) is 0 Å². The zero-order valence-corrected chi connectivity index (χ0v) is 21.5. The van der Waals surface area contributed by atoms with Crippen molar-refractivity contribution >= 4 is 11.8 Å². The van der Waals surface area contributed by atoms with Crippen LogP contribution >= 0.6 is 0 Å². The second kappa shape index (κ2) is 12.2. The van der Waals surface area contributed by atoms with Gasteiger partial charge in [0.05, 0.1) is 0 Å². The maximum Gasteiger partial charge on any atom is 0.243 e. The summed E-state index contributed by atoms with van der Waals surface area (Å²) >= 11 is 0. The predicted octanol–water partition coefficient (Wildman–Crippen LogP) is 6.17. The molecule has 1 N–H and O–H groups in total. The number of nitrogens with zero attached hydrogens (tertiary/aromatic N) is 1. The Morgan fingerprint density at radius 1 is 0.941 bits per heavy atom. The van der Waals surface area contributed by atoms with E-state index in [4.69, 9.17) is 0 Å². The third-order valence-electron chi connectivity index (χ3n) is 6.98. The molecule has 0 unspecified atom stereocenters. The maximum absolute atomic E-state index is 13.5. The molecule has 1 aliphatic carbocycles. The highest BCUT2D eigenvalue weighted by Crippen LogP contribution is 2.23. The fraction of sp³-hybridized carbons (Fsp3) is 0.533. The van der Waals surface area contributed by atoms with E-state index in [0.717, 1.165) is 24.0 Å². The third kappa shape index (κ3) is 7.44. The van der Waals surface area contributed by atoms with Crippen LogP contribution in [0, 0.1) is 0 Å². The van der Waals surface area contributed by atoms with Gasteiger partial charge in [0, 0.05) is 19.0 Å². The van der Waals surface area contributed by atoms with Gasteiger partial charge >= 0.3 is 0 Å². The second-order valence-corrected chi connectivity index (χ2v) is 10.7. The molecule has 0 spiro atoms. The number of carbonyl (C=O) groups is 2. The minimum atomic E-state index is -0.446. The number of aryl methyl sites for hydroxylation is 1. The lowest BCUT2D eigenvalue weighted by Crippen LogP contribution is -2.51. The molecule has 2 aromatic carbocycles. The van der Waals surface area contributed by atoms with Crippen LogP contribution in [-0.4, -0.2) is 28.8 Å². The summed E-state index contributed by atoms with van der Waals surface area (Å²) in [6.07, 6.45) is 7.35. The summed E-state index contributed by atoms with van der Waals surface area (Å²) < 4.78 is 0. The molecule has 2 aromatic rings. The van der Waals surface area contributed by atoms with E-state index in [1.165, 1.54) is 24.8 Å². The van der Waals surface area contributed by atoms with E-state index >= 15 is 0 Å². The first-order chi connectivity index (χ1) is 16.3. The minimum absolute atomic E-state index is 0.00629. The molecule has 0 heterocycles. The molecule has 0 radical (unpaired) electrons. The summed E-state index contributed by atoms with van der Waals surface area (Å²) in [4.78, 5) is 28.6. The average molecular weight is 463 g/mol. The highest BCUT2D eigenvalue weighted by atomic mass is 16.2. The first kappa shape index (κ1) is 26.0. The molecular weight excluding hydrogens is 420 g/mol. The summed E-state index contributed by atoms with van der Waals surface area (Å²) in [7, 11) is 0. The monoisotopic (exact) mass is 462 g/mol. The van der Waals surface area contributed by atoms with Crippen LogP contribution in [0.25, 0.3) is 0 Å². The van der Waals surface area contributed by atoms with Gasteiger partial charge in [-0.3, -0.25) is 9.59 Å². The fourth-order valence-corrected chi connectivity index (χ4v) is 4.81. The van der Waals surface area contributed by atoms with Crippen LogP contribution in [-0.2, 0) is 28.0 Å². The van der Waals surface area contributed by atoms with Gasteiger partial charge in [-0.15, -0.1) is 0 Å². The molecule has 2 amide bonds. The SMILES string of the molecule is CC[C@@H](C(=O)NC1CCCCC1)N(Cc1ccccc1)C(=O)CCc1ccc(C(C)(C)C)cc1. The summed E-state index contributed by atoms with van der Waals surface area (Å²) in [5.41, 5.74) is 3.61. The number of hydrogen-bond donors (Lipinski definition) is 1. The highest BCUT2D eigenvalue weighted by molar-refractivity contribution is 5.88. The number of amides is 2. The van der Waals surface area contributed by atoms with Gasteiger partial charge in [0.25, 0.3) is 0 Å². The summed E-state index contributed by atoms with van der Waals surface area (Å²) in [5, 5.41) is 3.25. The third-order valence-corrected chi connectivity index (χ3v) is 6.98. The molecule has 0 saturated heterocycles. The summed E-state index contributed by atoms with van der Waals surface area (Å²) in [6.45, 7) is 9.07. The van der Waals surface area contributed by atoms with Crippen molar-refractivity contribution in [3.8, 4) is 0 Å². The van der Waals surface area contributed by atoms with Gasteiger partial charge in [-0.1, -0.05) is 102 Å². The Morgan fingerprint density at radius 3 is 2.18 bits per heavy atom. The first-order valence-corrected chi connectivity index (χ1v) is 13.0. The van der Waals surface area contributed by atoms with Crippen LogP contribution in [0.15, 0.2) is 54.6 Å². The number of hydrogen-bond acceptors (Lipinski definition) is 2. The van der Waals surface area contributed by atoms with Crippen LogP contribution in [0.4, 0.5) is 0 Å². The van der Waals surface area contributed by atoms with Crippen LogP contribution in [0.5, 0.6) is 0 Å². The molecule has 1 aliphatic rings. The Hall–Kier alpha value is -2.62. The Balaban J connectivity index is 1.71. The maximum atomic E-state index is 13.5. The summed E-state index contributed by atoms with van der Waals surface area (Å²) in [6, 6.07) is 18.4. The average Bonchev–Trinajstić information content (AvgIpc) is 2.83. The van der Waals surface area contributed by atoms with Crippen molar-refractivity contribution < 1.29 is 9.59 Å². The smallest absolute Gasteiger partial charge is 0.243 e. The molecular formula is C30H42N2O2. The van der Waals surface area contributed by atoms with Gasteiger partial charge in [0.2, 0.25) is 11.8 Å². The fourth-order valence-electron chi connectivity index (χ4n) is 4.81. The van der Waals surface area contributed by atoms with Crippen molar-refractivity contribution in [3.63, 3.8) is 0 Å². The van der Waals surface area contributed by atoms with Gasteiger partial charge in [-0.05, 0) is 47.8 Å². The zero-order chi connectivity index (χ0) is 24.6. The lowest BCUT2D eigenvalue weighted by molar-refractivity contribution is -0.141. The van der Waals surface area contributed by atoms with E-state index in [2.05, 4.69) is 50.4 Å². The van der Waals surface area contributed by atoms with Crippen molar-refractivity contribution in [2.45, 2.75) is 103 Å². The van der Waals surface area contributed by atoms with Gasteiger partial charge < -0.3 is 10.2 Å². The molecule has 1 fully saturated rings. The van der Waals surface area contributed by atoms with Gasteiger partial charge in [0.15, 0.2) is 0 Å². The number of nitrogens with one attached hydrogen (secondary N) is 1. The largest absolute Gasteiger partial charge is 0.352 e. The number of benzene rings is 2. The van der Waals surface area contributed by atoms with E-state index in [1.807, 2.05) is 37.3 Å². The molecule has 184 valence electrons. The van der Waals surface area contributed by atoms with Crippen molar-refractivity contribution in [2.24, 2.45) is 0 Å². The lowest BCUT2D eigenvalue weighted by atomic mass is 9.86.